The van der Waals surface area contributed by atoms with Crippen molar-refractivity contribution < 1.29 is 0 Å². The van der Waals surface area contributed by atoms with Crippen LogP contribution >= 0.6 is 11.5 Å². The second-order valence-electron chi connectivity index (χ2n) is 3.12. The zero-order valence-electron chi connectivity index (χ0n) is 9.01. The fourth-order valence-corrected chi connectivity index (χ4v) is 1.88. The largest absolute Gasteiger partial charge is 0.339 e. The van der Waals surface area contributed by atoms with E-state index in [2.05, 4.69) is 24.9 Å². The second-order valence-corrected chi connectivity index (χ2v) is 3.87. The fourth-order valence-electron chi connectivity index (χ4n) is 1.23. The molecular formula is C10H11N5S. The molecule has 0 unspecified atom stereocenters. The SMILES string of the molecule is CN=C(Nc1ccncc1)c1snnc1C. The maximum Gasteiger partial charge on any atom is 0.146 e. The number of pyridine rings is 1. The summed E-state index contributed by atoms with van der Waals surface area (Å²) in [5.41, 5.74) is 1.83. The molecule has 0 aliphatic heterocycles. The van der Waals surface area contributed by atoms with Crippen molar-refractivity contribution in [2.45, 2.75) is 6.92 Å². The first-order valence-corrected chi connectivity index (χ1v) is 5.51. The highest BCUT2D eigenvalue weighted by molar-refractivity contribution is 7.08. The van der Waals surface area contributed by atoms with Gasteiger partial charge in [0.2, 0.25) is 0 Å². The second kappa shape index (κ2) is 4.80. The average Bonchev–Trinajstić information content (AvgIpc) is 2.74. The van der Waals surface area contributed by atoms with Gasteiger partial charge in [-0.3, -0.25) is 9.98 Å². The minimum absolute atomic E-state index is 0.777. The Hall–Kier alpha value is -1.82. The van der Waals surface area contributed by atoms with Crippen molar-refractivity contribution in [2.24, 2.45) is 4.99 Å². The van der Waals surface area contributed by atoms with Gasteiger partial charge in [-0.15, -0.1) is 5.10 Å². The minimum Gasteiger partial charge on any atom is -0.339 e. The molecule has 0 saturated heterocycles. The summed E-state index contributed by atoms with van der Waals surface area (Å²) in [6.07, 6.45) is 3.46. The molecule has 2 heterocycles. The zero-order chi connectivity index (χ0) is 11.4. The zero-order valence-corrected chi connectivity index (χ0v) is 9.82. The fraction of sp³-hybridized carbons (Fsp3) is 0.200. The van der Waals surface area contributed by atoms with E-state index in [1.54, 1.807) is 19.4 Å². The lowest BCUT2D eigenvalue weighted by Gasteiger charge is -2.06. The molecule has 82 valence electrons. The minimum atomic E-state index is 0.777. The Morgan fingerprint density at radius 1 is 1.38 bits per heavy atom. The van der Waals surface area contributed by atoms with Crippen LogP contribution in [0.3, 0.4) is 0 Å². The highest BCUT2D eigenvalue weighted by Crippen LogP contribution is 2.13. The van der Waals surface area contributed by atoms with E-state index in [1.165, 1.54) is 11.5 Å². The quantitative estimate of drug-likeness (QED) is 0.634. The Bertz CT molecular complexity index is 491. The normalized spacial score (nSPS) is 11.5. The molecule has 0 saturated carbocycles. The molecule has 0 aliphatic carbocycles. The maximum atomic E-state index is 4.20. The van der Waals surface area contributed by atoms with E-state index in [4.69, 9.17) is 0 Å². The van der Waals surface area contributed by atoms with Gasteiger partial charge in [-0.2, -0.15) is 0 Å². The molecule has 2 rings (SSSR count). The van der Waals surface area contributed by atoms with Gasteiger partial charge in [0.15, 0.2) is 0 Å². The third-order valence-corrected chi connectivity index (χ3v) is 2.87. The van der Waals surface area contributed by atoms with Crippen LogP contribution in [-0.2, 0) is 0 Å². The topological polar surface area (TPSA) is 63.1 Å². The Kier molecular flexibility index (Phi) is 3.21. The summed E-state index contributed by atoms with van der Waals surface area (Å²) in [7, 11) is 1.74. The first-order valence-electron chi connectivity index (χ1n) is 4.74. The van der Waals surface area contributed by atoms with Crippen LogP contribution in [-0.4, -0.2) is 27.5 Å². The summed E-state index contributed by atoms with van der Waals surface area (Å²) in [6.45, 7) is 1.91. The molecule has 2 aromatic rings. The van der Waals surface area contributed by atoms with E-state index in [9.17, 15) is 0 Å². The van der Waals surface area contributed by atoms with Crippen molar-refractivity contribution in [1.82, 2.24) is 14.6 Å². The number of aromatic nitrogens is 3. The predicted octanol–water partition coefficient (Wildman–Crippen LogP) is 1.73. The molecule has 16 heavy (non-hydrogen) atoms. The van der Waals surface area contributed by atoms with E-state index < -0.39 is 0 Å². The van der Waals surface area contributed by atoms with E-state index in [1.807, 2.05) is 19.1 Å². The lowest BCUT2D eigenvalue weighted by Crippen LogP contribution is -2.13. The summed E-state index contributed by atoms with van der Waals surface area (Å²) < 4.78 is 3.89. The number of anilines is 1. The van der Waals surface area contributed by atoms with Gasteiger partial charge in [0.1, 0.15) is 10.7 Å². The molecule has 0 aromatic carbocycles. The van der Waals surface area contributed by atoms with Crippen LogP contribution in [0.15, 0.2) is 29.5 Å². The smallest absolute Gasteiger partial charge is 0.146 e. The summed E-state index contributed by atoms with van der Waals surface area (Å²) in [5, 5.41) is 7.17. The molecule has 6 heteroatoms. The Labute approximate surface area is 97.4 Å². The first kappa shape index (κ1) is 10.7. The number of aliphatic imine (C=N–C) groups is 1. The Morgan fingerprint density at radius 2 is 2.12 bits per heavy atom. The van der Waals surface area contributed by atoms with Gasteiger partial charge < -0.3 is 5.32 Å². The van der Waals surface area contributed by atoms with Gasteiger partial charge in [0.25, 0.3) is 0 Å². The summed E-state index contributed by atoms with van der Waals surface area (Å²) in [6, 6.07) is 3.77. The maximum absolute atomic E-state index is 4.20. The third-order valence-electron chi connectivity index (χ3n) is 2.03. The molecule has 0 aliphatic rings. The monoisotopic (exact) mass is 233 g/mol. The lowest BCUT2D eigenvalue weighted by atomic mass is 10.3. The lowest BCUT2D eigenvalue weighted by molar-refractivity contribution is 1.09. The molecule has 0 atom stereocenters. The van der Waals surface area contributed by atoms with Gasteiger partial charge in [0, 0.05) is 25.1 Å². The highest BCUT2D eigenvalue weighted by atomic mass is 32.1. The molecule has 0 bridgehead atoms. The van der Waals surface area contributed by atoms with Crippen LogP contribution in [0.25, 0.3) is 0 Å². The van der Waals surface area contributed by atoms with Crippen molar-refractivity contribution in [1.29, 1.82) is 0 Å². The molecule has 1 N–H and O–H groups in total. The predicted molar refractivity (Wildman–Crippen MR) is 65.0 cm³/mol. The number of nitrogens with zero attached hydrogens (tertiary/aromatic N) is 4. The van der Waals surface area contributed by atoms with Crippen molar-refractivity contribution in [3.05, 3.63) is 35.1 Å². The molecular weight excluding hydrogens is 222 g/mol. The number of rotatable bonds is 2. The summed E-state index contributed by atoms with van der Waals surface area (Å²) in [4.78, 5) is 9.12. The number of nitrogens with one attached hydrogen (secondary N) is 1. The number of hydrogen-bond acceptors (Lipinski definition) is 5. The van der Waals surface area contributed by atoms with E-state index in [-0.39, 0.29) is 0 Å². The van der Waals surface area contributed by atoms with Crippen LogP contribution in [0.2, 0.25) is 0 Å². The summed E-state index contributed by atoms with van der Waals surface area (Å²) >= 11 is 1.33. The van der Waals surface area contributed by atoms with Gasteiger partial charge in [-0.05, 0) is 30.6 Å². The van der Waals surface area contributed by atoms with Gasteiger partial charge in [-0.25, -0.2) is 0 Å². The van der Waals surface area contributed by atoms with E-state index in [0.717, 1.165) is 22.1 Å². The summed E-state index contributed by atoms with van der Waals surface area (Å²) in [5.74, 6) is 0.777. The van der Waals surface area contributed by atoms with Crippen LogP contribution in [0, 0.1) is 6.92 Å². The molecule has 5 nitrogen and oxygen atoms in total. The van der Waals surface area contributed by atoms with Crippen LogP contribution in [0.5, 0.6) is 0 Å². The molecule has 0 radical (unpaired) electrons. The van der Waals surface area contributed by atoms with Gasteiger partial charge >= 0.3 is 0 Å². The highest BCUT2D eigenvalue weighted by Gasteiger charge is 2.10. The first-order chi connectivity index (χ1) is 7.81. The van der Waals surface area contributed by atoms with Crippen molar-refractivity contribution in [2.75, 3.05) is 12.4 Å². The van der Waals surface area contributed by atoms with Crippen molar-refractivity contribution in [3.63, 3.8) is 0 Å². The molecule has 0 spiro atoms. The third kappa shape index (κ3) is 2.22. The van der Waals surface area contributed by atoms with E-state index in [0.29, 0.717) is 0 Å². The standard InChI is InChI=1S/C10H11N5S/c1-7-9(16-15-14-7)10(11-2)13-8-3-5-12-6-4-8/h3-6H,1-2H3,(H,11,12,13). The van der Waals surface area contributed by atoms with Crippen LogP contribution in [0.1, 0.15) is 10.6 Å². The number of hydrogen-bond donors (Lipinski definition) is 1. The number of amidine groups is 1. The average molecular weight is 233 g/mol. The Morgan fingerprint density at radius 3 is 2.69 bits per heavy atom. The van der Waals surface area contributed by atoms with Crippen LogP contribution in [0.4, 0.5) is 5.69 Å². The van der Waals surface area contributed by atoms with Gasteiger partial charge in [-0.1, -0.05) is 4.49 Å². The molecule has 0 fully saturated rings. The van der Waals surface area contributed by atoms with Crippen LogP contribution < -0.4 is 5.32 Å². The molecule has 0 amide bonds. The van der Waals surface area contributed by atoms with E-state index >= 15 is 0 Å². The number of aryl methyl sites for hydroxylation is 1. The Balaban J connectivity index is 2.24. The van der Waals surface area contributed by atoms with Crippen molar-refractivity contribution >= 4 is 23.1 Å². The van der Waals surface area contributed by atoms with Crippen molar-refractivity contribution in [3.8, 4) is 0 Å². The molecule has 2 aromatic heterocycles. The van der Waals surface area contributed by atoms with Gasteiger partial charge in [0.05, 0.1) is 5.69 Å².